The van der Waals surface area contributed by atoms with Crippen LogP contribution in [0, 0.1) is 25.7 Å². The highest BCUT2D eigenvalue weighted by Gasteiger charge is 2.70. The predicted octanol–water partition coefficient (Wildman–Crippen LogP) is 2.72. The lowest BCUT2D eigenvalue weighted by Gasteiger charge is -2.31. The molecule has 1 aromatic rings. The maximum atomic E-state index is 13.8. The average Bonchev–Trinajstić information content (AvgIpc) is 3.46. The standard InChI is InChI=1S/C23H29N3O3S/c1-12-8-9-15-19(13(12)2)24-22(29)23(15)18-17(16(25-23)10-11-30-3)20(27)26(21(18)28)14-6-4-5-7-14/h8-9,14,16-18,25H,4-7,10-11H2,1-3H3,(H,24,29)/t16-,17+,18-,23+/m0/s1. The van der Waals surface area contributed by atoms with Crippen molar-refractivity contribution in [2.24, 2.45) is 11.8 Å². The van der Waals surface area contributed by atoms with Gasteiger partial charge in [-0.3, -0.25) is 24.6 Å². The van der Waals surface area contributed by atoms with Crippen LogP contribution >= 0.6 is 11.8 Å². The molecule has 2 N–H and O–H groups in total. The van der Waals surface area contributed by atoms with Gasteiger partial charge in [-0.15, -0.1) is 0 Å². The summed E-state index contributed by atoms with van der Waals surface area (Å²) >= 11 is 1.72. The maximum absolute atomic E-state index is 13.8. The van der Waals surface area contributed by atoms with Crippen LogP contribution in [0.5, 0.6) is 0 Å². The second-order valence-corrected chi connectivity index (χ2v) is 10.2. The van der Waals surface area contributed by atoms with E-state index in [9.17, 15) is 14.4 Å². The number of hydrogen-bond donors (Lipinski definition) is 2. The molecule has 3 fully saturated rings. The number of imide groups is 1. The van der Waals surface area contributed by atoms with E-state index in [-0.39, 0.29) is 29.8 Å². The average molecular weight is 428 g/mol. The van der Waals surface area contributed by atoms with Gasteiger partial charge in [0.25, 0.3) is 0 Å². The third-order valence-electron chi connectivity index (χ3n) is 7.78. The van der Waals surface area contributed by atoms with E-state index in [2.05, 4.69) is 10.6 Å². The number of amides is 3. The van der Waals surface area contributed by atoms with Gasteiger partial charge in [-0.05, 0) is 56.2 Å². The summed E-state index contributed by atoms with van der Waals surface area (Å²) in [6, 6.07) is 3.80. The molecule has 3 heterocycles. The summed E-state index contributed by atoms with van der Waals surface area (Å²) in [5, 5.41) is 6.59. The lowest BCUT2D eigenvalue weighted by molar-refractivity contribution is -0.145. The van der Waals surface area contributed by atoms with E-state index in [1.165, 1.54) is 0 Å². The molecule has 30 heavy (non-hydrogen) atoms. The van der Waals surface area contributed by atoms with Crippen molar-refractivity contribution in [3.8, 4) is 0 Å². The number of nitrogens with one attached hydrogen (secondary N) is 2. The molecule has 3 aliphatic heterocycles. The highest BCUT2D eigenvalue weighted by Crippen LogP contribution is 2.55. The van der Waals surface area contributed by atoms with Crippen LogP contribution in [0.1, 0.15) is 48.8 Å². The zero-order chi connectivity index (χ0) is 21.2. The molecule has 0 aromatic heterocycles. The van der Waals surface area contributed by atoms with Crippen molar-refractivity contribution in [3.63, 3.8) is 0 Å². The minimum Gasteiger partial charge on any atom is -0.324 e. The van der Waals surface area contributed by atoms with Gasteiger partial charge < -0.3 is 5.32 Å². The van der Waals surface area contributed by atoms with Gasteiger partial charge >= 0.3 is 0 Å². The van der Waals surface area contributed by atoms with Crippen LogP contribution in [0.15, 0.2) is 12.1 Å². The fourth-order valence-electron chi connectivity index (χ4n) is 6.16. The Balaban J connectivity index is 1.64. The fraction of sp³-hybridized carbons (Fsp3) is 0.609. The number of carbonyl (C=O) groups is 3. The van der Waals surface area contributed by atoms with E-state index in [1.54, 1.807) is 16.7 Å². The van der Waals surface area contributed by atoms with Crippen molar-refractivity contribution in [1.82, 2.24) is 10.2 Å². The Morgan fingerprint density at radius 1 is 1.13 bits per heavy atom. The summed E-state index contributed by atoms with van der Waals surface area (Å²) in [6.07, 6.45) is 6.67. The first-order valence-corrected chi connectivity index (χ1v) is 12.4. The van der Waals surface area contributed by atoms with Gasteiger partial charge in [-0.2, -0.15) is 11.8 Å². The summed E-state index contributed by atoms with van der Waals surface area (Å²) in [5.74, 6) is -0.676. The minimum absolute atomic E-state index is 0.00228. The fourth-order valence-corrected chi connectivity index (χ4v) is 6.65. The molecule has 4 aliphatic rings. The van der Waals surface area contributed by atoms with Gasteiger partial charge in [0.05, 0.1) is 11.8 Å². The van der Waals surface area contributed by atoms with Crippen molar-refractivity contribution in [3.05, 3.63) is 28.8 Å². The molecule has 0 unspecified atom stereocenters. The lowest BCUT2D eigenvalue weighted by Crippen LogP contribution is -2.54. The molecular formula is C23H29N3O3S. The number of rotatable bonds is 4. The number of carbonyl (C=O) groups excluding carboxylic acids is 3. The molecule has 4 atom stereocenters. The van der Waals surface area contributed by atoms with E-state index in [0.29, 0.717) is 0 Å². The number of benzene rings is 1. The number of hydrogen-bond acceptors (Lipinski definition) is 5. The van der Waals surface area contributed by atoms with Crippen molar-refractivity contribution in [1.29, 1.82) is 0 Å². The minimum atomic E-state index is -1.15. The highest BCUT2D eigenvalue weighted by molar-refractivity contribution is 7.98. The number of nitrogens with zero attached hydrogens (tertiary/aromatic N) is 1. The normalized spacial score (nSPS) is 33.0. The Bertz CT molecular complexity index is 942. The topological polar surface area (TPSA) is 78.5 Å². The number of aryl methyl sites for hydroxylation is 1. The van der Waals surface area contributed by atoms with Crippen molar-refractivity contribution in [2.75, 3.05) is 17.3 Å². The van der Waals surface area contributed by atoms with Gasteiger partial charge in [0, 0.05) is 23.3 Å². The maximum Gasteiger partial charge on any atom is 0.250 e. The first-order valence-electron chi connectivity index (χ1n) is 11.0. The van der Waals surface area contributed by atoms with Crippen LogP contribution in [-0.4, -0.2) is 46.7 Å². The molecule has 0 bridgehead atoms. The number of thioether (sulfide) groups is 1. The van der Waals surface area contributed by atoms with Crippen LogP contribution < -0.4 is 10.6 Å². The third kappa shape index (κ3) is 2.51. The Morgan fingerprint density at radius 3 is 2.57 bits per heavy atom. The van der Waals surface area contributed by atoms with Gasteiger partial charge in [0.1, 0.15) is 5.54 Å². The van der Waals surface area contributed by atoms with Crippen LogP contribution in [0.4, 0.5) is 5.69 Å². The van der Waals surface area contributed by atoms with Gasteiger partial charge in [0.2, 0.25) is 17.7 Å². The molecule has 160 valence electrons. The number of fused-ring (bicyclic) bond motifs is 4. The SMILES string of the molecule is CSCC[C@@H]1N[C@@]2(C(=O)Nc3c2ccc(C)c3C)[C@@H]2C(=O)N(C3CCCC3)C(=O)[C@H]12. The molecule has 7 heteroatoms. The summed E-state index contributed by atoms with van der Waals surface area (Å²) in [7, 11) is 0. The Morgan fingerprint density at radius 2 is 1.87 bits per heavy atom. The van der Waals surface area contributed by atoms with Crippen LogP contribution in [0.3, 0.4) is 0 Å². The van der Waals surface area contributed by atoms with Crippen LogP contribution in [0.25, 0.3) is 0 Å². The number of anilines is 1. The predicted molar refractivity (Wildman–Crippen MR) is 117 cm³/mol. The Kier molecular flexibility index (Phi) is 4.74. The summed E-state index contributed by atoms with van der Waals surface area (Å²) in [6.45, 7) is 4.02. The molecule has 1 saturated carbocycles. The van der Waals surface area contributed by atoms with Crippen molar-refractivity contribution < 1.29 is 14.4 Å². The molecular weight excluding hydrogens is 398 g/mol. The quantitative estimate of drug-likeness (QED) is 0.723. The highest BCUT2D eigenvalue weighted by atomic mass is 32.2. The van der Waals surface area contributed by atoms with E-state index in [0.717, 1.165) is 60.2 Å². The van der Waals surface area contributed by atoms with Crippen molar-refractivity contribution >= 4 is 35.2 Å². The largest absolute Gasteiger partial charge is 0.324 e. The zero-order valence-electron chi connectivity index (χ0n) is 17.8. The summed E-state index contributed by atoms with van der Waals surface area (Å²) in [5.41, 5.74) is 2.60. The lowest BCUT2D eigenvalue weighted by atomic mass is 9.76. The summed E-state index contributed by atoms with van der Waals surface area (Å²) in [4.78, 5) is 42.4. The van der Waals surface area contributed by atoms with E-state index >= 15 is 0 Å². The summed E-state index contributed by atoms with van der Waals surface area (Å²) < 4.78 is 0. The molecule has 1 aliphatic carbocycles. The van der Waals surface area contributed by atoms with Gasteiger partial charge in [0.15, 0.2) is 0 Å². The van der Waals surface area contributed by atoms with Crippen molar-refractivity contribution in [2.45, 2.75) is 63.6 Å². The molecule has 5 rings (SSSR count). The van der Waals surface area contributed by atoms with Gasteiger partial charge in [-0.25, -0.2) is 0 Å². The van der Waals surface area contributed by atoms with Crippen LogP contribution in [0.2, 0.25) is 0 Å². The molecule has 2 saturated heterocycles. The molecule has 1 aromatic carbocycles. The first kappa shape index (κ1) is 20.1. The molecule has 1 spiro atoms. The zero-order valence-corrected chi connectivity index (χ0v) is 18.6. The number of likely N-dealkylation sites (tertiary alicyclic amines) is 1. The first-order chi connectivity index (χ1) is 14.4. The Labute approximate surface area is 181 Å². The Hall–Kier alpha value is -1.86. The second-order valence-electron chi connectivity index (χ2n) is 9.21. The smallest absolute Gasteiger partial charge is 0.250 e. The molecule has 6 nitrogen and oxygen atoms in total. The second kappa shape index (κ2) is 7.09. The van der Waals surface area contributed by atoms with E-state index < -0.39 is 17.4 Å². The third-order valence-corrected chi connectivity index (χ3v) is 8.42. The van der Waals surface area contributed by atoms with E-state index in [1.807, 2.05) is 32.2 Å². The molecule has 3 amide bonds. The van der Waals surface area contributed by atoms with E-state index in [4.69, 9.17) is 0 Å². The van der Waals surface area contributed by atoms with Gasteiger partial charge in [-0.1, -0.05) is 25.0 Å². The molecule has 0 radical (unpaired) electrons. The van der Waals surface area contributed by atoms with Crippen LogP contribution in [-0.2, 0) is 19.9 Å². The monoisotopic (exact) mass is 427 g/mol.